The first kappa shape index (κ1) is 15.2. The number of rotatable bonds is 1. The lowest BCUT2D eigenvalue weighted by molar-refractivity contribution is 0.0174. The molecule has 3 nitrogen and oxygen atoms in total. The Kier molecular flexibility index (Phi) is 3.62. The Bertz CT molecular complexity index is 672. The van der Waals surface area contributed by atoms with Gasteiger partial charge in [0.2, 0.25) is 0 Å². The SMILES string of the molecule is OB(O)C1CC=CC2C1OC1CCC3=C(C4=C(C=CCC4)CC3)C12. The van der Waals surface area contributed by atoms with Gasteiger partial charge in [0.1, 0.15) is 0 Å². The third-order valence-corrected chi connectivity index (χ3v) is 6.83. The first-order valence-corrected chi connectivity index (χ1v) is 9.53. The summed E-state index contributed by atoms with van der Waals surface area (Å²) in [5.74, 6) is 0.546. The topological polar surface area (TPSA) is 49.7 Å². The normalized spacial score (nSPS) is 40.2. The second-order valence-electron chi connectivity index (χ2n) is 7.98. The summed E-state index contributed by atoms with van der Waals surface area (Å²) in [5, 5.41) is 19.6. The van der Waals surface area contributed by atoms with Gasteiger partial charge < -0.3 is 14.8 Å². The largest absolute Gasteiger partial charge is 0.457 e. The van der Waals surface area contributed by atoms with Crippen molar-refractivity contribution in [1.29, 1.82) is 0 Å². The molecular formula is C20H25BO3. The van der Waals surface area contributed by atoms with E-state index >= 15 is 0 Å². The maximum atomic E-state index is 9.79. The molecule has 5 atom stereocenters. The summed E-state index contributed by atoms with van der Waals surface area (Å²) in [5.41, 5.74) is 6.40. The van der Waals surface area contributed by atoms with Crippen molar-refractivity contribution < 1.29 is 14.8 Å². The number of allylic oxidation sites excluding steroid dienone is 6. The average molecular weight is 324 g/mol. The van der Waals surface area contributed by atoms with Crippen LogP contribution in [-0.2, 0) is 4.74 Å². The zero-order chi connectivity index (χ0) is 16.3. The van der Waals surface area contributed by atoms with E-state index in [-0.39, 0.29) is 18.0 Å². The van der Waals surface area contributed by atoms with E-state index in [9.17, 15) is 10.0 Å². The number of hydrogen-bond acceptors (Lipinski definition) is 3. The van der Waals surface area contributed by atoms with Crippen molar-refractivity contribution in [2.45, 2.75) is 63.0 Å². The molecule has 1 aliphatic heterocycles. The van der Waals surface area contributed by atoms with E-state index in [1.165, 1.54) is 19.3 Å². The molecular weight excluding hydrogens is 299 g/mol. The monoisotopic (exact) mass is 324 g/mol. The highest BCUT2D eigenvalue weighted by atomic mass is 16.5. The summed E-state index contributed by atoms with van der Waals surface area (Å²) >= 11 is 0. The Balaban J connectivity index is 1.57. The van der Waals surface area contributed by atoms with E-state index in [2.05, 4.69) is 24.3 Å². The Morgan fingerprint density at radius 2 is 2.00 bits per heavy atom. The van der Waals surface area contributed by atoms with Crippen molar-refractivity contribution >= 4 is 7.12 Å². The highest BCUT2D eigenvalue weighted by Crippen LogP contribution is 2.55. The van der Waals surface area contributed by atoms with Crippen LogP contribution in [0.4, 0.5) is 0 Å². The fourth-order valence-corrected chi connectivity index (χ4v) is 5.79. The third-order valence-electron chi connectivity index (χ3n) is 6.83. The molecule has 1 saturated heterocycles. The maximum absolute atomic E-state index is 9.79. The molecule has 0 amide bonds. The predicted octanol–water partition coefficient (Wildman–Crippen LogP) is 3.32. The van der Waals surface area contributed by atoms with Crippen LogP contribution in [-0.4, -0.2) is 29.4 Å². The third kappa shape index (κ3) is 2.16. The Hall–Kier alpha value is -1.10. The minimum Gasteiger partial charge on any atom is -0.427 e. The van der Waals surface area contributed by atoms with Crippen molar-refractivity contribution in [3.05, 3.63) is 46.6 Å². The lowest BCUT2D eigenvalue weighted by Crippen LogP contribution is -2.36. The zero-order valence-corrected chi connectivity index (χ0v) is 14.0. The fraction of sp³-hybridized carbons (Fsp3) is 0.600. The van der Waals surface area contributed by atoms with Gasteiger partial charge in [-0.1, -0.05) is 29.9 Å². The standard InChI is InChI=1S/C20H25BO3/c22-21(23)16-7-3-6-15-19-17(24-20(15)16)11-10-13-9-8-12-4-1-2-5-14(12)18(13)19/h1,3-4,6,15-17,19-20,22-23H,2,5,7-11H2. The van der Waals surface area contributed by atoms with Crippen LogP contribution in [0.2, 0.25) is 5.82 Å². The summed E-state index contributed by atoms with van der Waals surface area (Å²) in [6.45, 7) is 0. The van der Waals surface area contributed by atoms with Crippen LogP contribution < -0.4 is 0 Å². The zero-order valence-electron chi connectivity index (χ0n) is 14.0. The molecule has 0 aromatic heterocycles. The average Bonchev–Trinajstić information content (AvgIpc) is 2.99. The van der Waals surface area contributed by atoms with Crippen molar-refractivity contribution in [3.8, 4) is 0 Å². The van der Waals surface area contributed by atoms with Gasteiger partial charge in [-0.05, 0) is 61.7 Å². The molecule has 0 saturated carbocycles. The van der Waals surface area contributed by atoms with Crippen molar-refractivity contribution in [2.24, 2.45) is 11.8 Å². The molecule has 5 rings (SSSR count). The van der Waals surface area contributed by atoms with E-state index in [4.69, 9.17) is 4.74 Å². The van der Waals surface area contributed by atoms with E-state index in [0.717, 1.165) is 19.3 Å². The molecule has 0 spiro atoms. The molecule has 1 fully saturated rings. The minimum atomic E-state index is -1.28. The second-order valence-corrected chi connectivity index (χ2v) is 7.98. The summed E-state index contributed by atoms with van der Waals surface area (Å²) in [6.07, 6.45) is 17.0. The second kappa shape index (κ2) is 5.72. The summed E-state index contributed by atoms with van der Waals surface area (Å²) in [4.78, 5) is 0. The highest BCUT2D eigenvalue weighted by Gasteiger charge is 2.53. The summed E-state index contributed by atoms with van der Waals surface area (Å²) < 4.78 is 6.43. The van der Waals surface area contributed by atoms with Crippen LogP contribution in [0.5, 0.6) is 0 Å². The van der Waals surface area contributed by atoms with E-state index in [1.807, 2.05) is 0 Å². The van der Waals surface area contributed by atoms with Crippen molar-refractivity contribution in [1.82, 2.24) is 0 Å². The number of fused-ring (bicyclic) bond motifs is 5. The molecule has 0 aromatic carbocycles. The molecule has 5 unspecified atom stereocenters. The van der Waals surface area contributed by atoms with E-state index in [0.29, 0.717) is 18.3 Å². The van der Waals surface area contributed by atoms with E-state index < -0.39 is 7.12 Å². The molecule has 2 N–H and O–H groups in total. The van der Waals surface area contributed by atoms with Gasteiger partial charge in [0.25, 0.3) is 0 Å². The molecule has 1 heterocycles. The van der Waals surface area contributed by atoms with Crippen LogP contribution in [0.1, 0.15) is 44.9 Å². The van der Waals surface area contributed by atoms with Crippen molar-refractivity contribution in [2.75, 3.05) is 0 Å². The van der Waals surface area contributed by atoms with Gasteiger partial charge in [-0.15, -0.1) is 0 Å². The molecule has 4 heteroatoms. The maximum Gasteiger partial charge on any atom is 0.457 e. The highest BCUT2D eigenvalue weighted by molar-refractivity contribution is 6.43. The van der Waals surface area contributed by atoms with Gasteiger partial charge in [0, 0.05) is 17.7 Å². The quantitative estimate of drug-likeness (QED) is 0.575. The number of hydrogen-bond donors (Lipinski definition) is 2. The molecule has 24 heavy (non-hydrogen) atoms. The lowest BCUT2D eigenvalue weighted by atomic mass is 9.59. The van der Waals surface area contributed by atoms with Crippen LogP contribution in [0.15, 0.2) is 46.6 Å². The van der Waals surface area contributed by atoms with Crippen molar-refractivity contribution in [3.63, 3.8) is 0 Å². The summed E-state index contributed by atoms with van der Waals surface area (Å²) in [7, 11) is -1.28. The van der Waals surface area contributed by atoms with Gasteiger partial charge >= 0.3 is 7.12 Å². The van der Waals surface area contributed by atoms with Crippen LogP contribution in [0, 0.1) is 11.8 Å². The number of ether oxygens (including phenoxy) is 1. The lowest BCUT2D eigenvalue weighted by Gasteiger charge is -2.38. The fourth-order valence-electron chi connectivity index (χ4n) is 5.79. The molecule has 0 aromatic rings. The first-order valence-electron chi connectivity index (χ1n) is 9.53. The Morgan fingerprint density at radius 1 is 1.08 bits per heavy atom. The molecule has 0 bridgehead atoms. The van der Waals surface area contributed by atoms with Crippen LogP contribution in [0.3, 0.4) is 0 Å². The predicted molar refractivity (Wildman–Crippen MR) is 94.2 cm³/mol. The molecule has 5 aliphatic rings. The van der Waals surface area contributed by atoms with Gasteiger partial charge in [0.15, 0.2) is 0 Å². The van der Waals surface area contributed by atoms with Gasteiger partial charge in [-0.2, -0.15) is 0 Å². The van der Waals surface area contributed by atoms with Crippen LogP contribution >= 0.6 is 0 Å². The van der Waals surface area contributed by atoms with Gasteiger partial charge in [-0.25, -0.2) is 0 Å². The smallest absolute Gasteiger partial charge is 0.427 e. The van der Waals surface area contributed by atoms with Gasteiger partial charge in [0.05, 0.1) is 12.2 Å². The molecule has 0 radical (unpaired) electrons. The van der Waals surface area contributed by atoms with Gasteiger partial charge in [-0.3, -0.25) is 0 Å². The molecule has 4 aliphatic carbocycles. The Labute approximate surface area is 143 Å². The molecule has 126 valence electrons. The minimum absolute atomic E-state index is 0.0399. The van der Waals surface area contributed by atoms with Crippen LogP contribution in [0.25, 0.3) is 0 Å². The van der Waals surface area contributed by atoms with E-state index in [1.54, 1.807) is 22.3 Å². The Morgan fingerprint density at radius 3 is 2.88 bits per heavy atom. The first-order chi connectivity index (χ1) is 11.7. The summed E-state index contributed by atoms with van der Waals surface area (Å²) in [6, 6.07) is 0.